The van der Waals surface area contributed by atoms with Gasteiger partial charge >= 0.3 is 0 Å². The van der Waals surface area contributed by atoms with E-state index in [1.54, 1.807) is 13.8 Å². The monoisotopic (exact) mass is 386 g/mol. The van der Waals surface area contributed by atoms with Crippen LogP contribution in [0, 0.1) is 32.1 Å². The number of aryl methyl sites for hydroxylation is 2. The number of alkyl halides is 1. The van der Waals surface area contributed by atoms with E-state index < -0.39 is 5.67 Å². The summed E-state index contributed by atoms with van der Waals surface area (Å²) < 4.78 is 14.9. The summed E-state index contributed by atoms with van der Waals surface area (Å²) >= 11 is 0. The maximum absolute atomic E-state index is 14.9. The van der Waals surface area contributed by atoms with E-state index in [1.165, 1.54) is 12.8 Å². The van der Waals surface area contributed by atoms with Crippen LogP contribution in [0.2, 0.25) is 0 Å². The minimum Gasteiger partial charge on any atom is -0.357 e. The second-order valence-corrected chi connectivity index (χ2v) is 7.92. The zero-order chi connectivity index (χ0) is 21.6. The van der Waals surface area contributed by atoms with Gasteiger partial charge in [-0.2, -0.15) is 0 Å². The lowest BCUT2D eigenvalue weighted by molar-refractivity contribution is 0.214. The van der Waals surface area contributed by atoms with Crippen LogP contribution in [-0.4, -0.2) is 9.97 Å². The highest BCUT2D eigenvalue weighted by molar-refractivity contribution is 5.86. The molecule has 1 saturated carbocycles. The molecule has 1 aliphatic carbocycles. The number of H-pyrrole nitrogens is 1. The van der Waals surface area contributed by atoms with Gasteiger partial charge in [0.2, 0.25) is 0 Å². The third kappa shape index (κ3) is 4.77. The highest BCUT2D eigenvalue weighted by Crippen LogP contribution is 2.43. The molecule has 2 aromatic rings. The molecule has 0 bridgehead atoms. The summed E-state index contributed by atoms with van der Waals surface area (Å²) in [6, 6.07) is 0. The van der Waals surface area contributed by atoms with Crippen LogP contribution >= 0.6 is 0 Å². The number of nitrogens with one attached hydrogen (secondary N) is 1. The van der Waals surface area contributed by atoms with Gasteiger partial charge in [0.1, 0.15) is 5.67 Å². The minimum absolute atomic E-state index is 0.385. The summed E-state index contributed by atoms with van der Waals surface area (Å²) in [4.78, 5) is 8.14. The number of fused-ring (bicyclic) bond motifs is 1. The Kier molecular flexibility index (Phi) is 8.74. The predicted octanol–water partition coefficient (Wildman–Crippen LogP) is 7.71. The van der Waals surface area contributed by atoms with Crippen molar-refractivity contribution in [3.63, 3.8) is 0 Å². The first-order valence-corrected chi connectivity index (χ1v) is 10.9. The molecule has 0 saturated heterocycles. The molecule has 0 spiro atoms. The quantitative estimate of drug-likeness (QED) is 0.526. The highest BCUT2D eigenvalue weighted by Gasteiger charge is 2.32. The van der Waals surface area contributed by atoms with E-state index >= 15 is 0 Å². The third-order valence-corrected chi connectivity index (χ3v) is 5.60. The summed E-state index contributed by atoms with van der Waals surface area (Å²) in [7, 11) is 0. The maximum atomic E-state index is 14.9. The molecule has 0 radical (unpaired) electrons. The predicted molar refractivity (Wildman–Crippen MR) is 121 cm³/mol. The number of pyridine rings is 1. The van der Waals surface area contributed by atoms with E-state index in [-0.39, 0.29) is 0 Å². The van der Waals surface area contributed by atoms with Crippen molar-refractivity contribution in [1.29, 1.82) is 0 Å². The van der Waals surface area contributed by atoms with Crippen molar-refractivity contribution in [2.75, 3.05) is 0 Å². The fourth-order valence-electron chi connectivity index (χ4n) is 3.99. The molecule has 1 aliphatic rings. The van der Waals surface area contributed by atoms with Crippen molar-refractivity contribution in [2.45, 2.75) is 99.6 Å². The Morgan fingerprint density at radius 1 is 1.07 bits per heavy atom. The lowest BCUT2D eigenvalue weighted by Gasteiger charge is -2.29. The first-order valence-electron chi connectivity index (χ1n) is 10.9. The molecule has 0 aromatic carbocycles. The van der Waals surface area contributed by atoms with Gasteiger partial charge in [-0.15, -0.1) is 6.42 Å². The van der Waals surface area contributed by atoms with E-state index in [0.29, 0.717) is 17.2 Å². The normalized spacial score (nSPS) is 19.2. The van der Waals surface area contributed by atoms with Crippen molar-refractivity contribution >= 4 is 11.0 Å². The summed E-state index contributed by atoms with van der Waals surface area (Å²) in [6.45, 7) is 17.5. The second-order valence-electron chi connectivity index (χ2n) is 7.92. The van der Waals surface area contributed by atoms with E-state index in [1.807, 2.05) is 41.5 Å². The fraction of sp³-hybridized carbons (Fsp3) is 0.640. The van der Waals surface area contributed by atoms with Gasteiger partial charge in [0.15, 0.2) is 0 Å². The van der Waals surface area contributed by atoms with Crippen molar-refractivity contribution in [3.05, 3.63) is 28.1 Å². The summed E-state index contributed by atoms with van der Waals surface area (Å²) in [6.07, 6.45) is 10.5. The Balaban J connectivity index is 0.000000921. The van der Waals surface area contributed by atoms with Crippen molar-refractivity contribution < 1.29 is 4.39 Å². The number of aromatic nitrogens is 2. The molecule has 0 unspecified atom stereocenters. The van der Waals surface area contributed by atoms with Gasteiger partial charge in [-0.25, -0.2) is 9.37 Å². The van der Waals surface area contributed by atoms with Gasteiger partial charge in [0.25, 0.3) is 0 Å². The number of nitrogens with zero attached hydrogens (tertiary/aromatic N) is 1. The van der Waals surface area contributed by atoms with Crippen LogP contribution in [0.15, 0.2) is 0 Å². The van der Waals surface area contributed by atoms with Crippen molar-refractivity contribution in [2.24, 2.45) is 5.92 Å². The standard InChI is InChI=1S/C21H27FN2.2C2H6/c1-7-16-17(15-10-8-12(2)9-11-15)19-18(13(3)14(4)23-19)24-20(16)21(5,6)22;2*1-2/h1,12,15,23H,8-11H2,2-6H3;2*1-2H3. The Morgan fingerprint density at radius 2 is 1.61 bits per heavy atom. The number of terminal acetylenes is 1. The summed E-state index contributed by atoms with van der Waals surface area (Å²) in [5, 5.41) is 0. The number of hydrogen-bond donors (Lipinski definition) is 1. The lowest BCUT2D eigenvalue weighted by Crippen LogP contribution is -2.19. The minimum atomic E-state index is -1.55. The Morgan fingerprint density at radius 3 is 2.07 bits per heavy atom. The number of halogens is 1. The van der Waals surface area contributed by atoms with Gasteiger partial charge in [-0.3, -0.25) is 0 Å². The fourth-order valence-corrected chi connectivity index (χ4v) is 3.99. The number of hydrogen-bond acceptors (Lipinski definition) is 1. The number of rotatable bonds is 2. The zero-order valence-corrected chi connectivity index (χ0v) is 19.4. The first kappa shape index (κ1) is 24.2. The van der Waals surface area contributed by atoms with Gasteiger partial charge in [0, 0.05) is 5.69 Å². The van der Waals surface area contributed by atoms with Crippen LogP contribution < -0.4 is 0 Å². The zero-order valence-electron chi connectivity index (χ0n) is 19.4. The summed E-state index contributed by atoms with van der Waals surface area (Å²) in [5.41, 5.74) is 4.70. The topological polar surface area (TPSA) is 28.7 Å². The molecule has 2 nitrogen and oxygen atoms in total. The second kappa shape index (κ2) is 10.1. The average molecular weight is 387 g/mol. The van der Waals surface area contributed by atoms with Gasteiger partial charge < -0.3 is 4.98 Å². The van der Waals surface area contributed by atoms with Crippen LogP contribution in [0.5, 0.6) is 0 Å². The molecule has 1 N–H and O–H groups in total. The van der Waals surface area contributed by atoms with Crippen LogP contribution in [0.25, 0.3) is 11.0 Å². The average Bonchev–Trinajstić information content (AvgIpc) is 2.97. The van der Waals surface area contributed by atoms with Crippen LogP contribution in [0.3, 0.4) is 0 Å². The van der Waals surface area contributed by atoms with E-state index in [0.717, 1.165) is 46.6 Å². The van der Waals surface area contributed by atoms with Gasteiger partial charge in [0.05, 0.1) is 22.3 Å². The molecule has 2 aromatic heterocycles. The highest BCUT2D eigenvalue weighted by atomic mass is 19.1. The Labute approximate surface area is 171 Å². The molecule has 1 fully saturated rings. The van der Waals surface area contributed by atoms with Gasteiger partial charge in [-0.1, -0.05) is 53.4 Å². The molecule has 28 heavy (non-hydrogen) atoms. The van der Waals surface area contributed by atoms with E-state index in [2.05, 4.69) is 22.8 Å². The Bertz CT molecular complexity index is 810. The van der Waals surface area contributed by atoms with Crippen LogP contribution in [0.1, 0.15) is 108 Å². The molecule has 0 amide bonds. The molecule has 3 rings (SSSR count). The maximum Gasteiger partial charge on any atom is 0.148 e. The molecule has 0 aliphatic heterocycles. The lowest BCUT2D eigenvalue weighted by atomic mass is 9.77. The number of aromatic amines is 1. The van der Waals surface area contributed by atoms with Crippen molar-refractivity contribution in [1.82, 2.24) is 9.97 Å². The molecule has 156 valence electrons. The molecule has 0 atom stereocenters. The summed E-state index contributed by atoms with van der Waals surface area (Å²) in [5.74, 6) is 3.92. The SMILES string of the molecule is C#Cc1c(C(C)(C)F)nc2c(C)c(C)[nH]c2c1C1CCC(C)CC1.CC.CC. The van der Waals surface area contributed by atoms with Gasteiger partial charge in [-0.05, 0) is 63.5 Å². The largest absolute Gasteiger partial charge is 0.357 e. The molecule has 2 heterocycles. The molecular formula is C25H39FN2. The molecular weight excluding hydrogens is 347 g/mol. The molecule has 3 heteroatoms. The van der Waals surface area contributed by atoms with E-state index in [9.17, 15) is 4.39 Å². The third-order valence-electron chi connectivity index (χ3n) is 5.60. The first-order chi connectivity index (χ1) is 13.2. The van der Waals surface area contributed by atoms with Crippen molar-refractivity contribution in [3.8, 4) is 12.3 Å². The Hall–Kier alpha value is -1.82. The van der Waals surface area contributed by atoms with Crippen LogP contribution in [-0.2, 0) is 5.67 Å². The van der Waals surface area contributed by atoms with Crippen LogP contribution in [0.4, 0.5) is 4.39 Å². The van der Waals surface area contributed by atoms with E-state index in [4.69, 9.17) is 6.42 Å². The smallest absolute Gasteiger partial charge is 0.148 e.